The van der Waals surface area contributed by atoms with Crippen LogP contribution in [0.25, 0.3) is 0 Å². The van der Waals surface area contributed by atoms with Gasteiger partial charge in [0.15, 0.2) is 0 Å². The minimum atomic E-state index is -0.203. The molecule has 0 atom stereocenters. The average molecular weight is 437 g/mol. The Morgan fingerprint density at radius 2 is 1.19 bits per heavy atom. The summed E-state index contributed by atoms with van der Waals surface area (Å²) in [5, 5.41) is 0. The SMILES string of the molecule is CCCCCCCc1ccc(OC(=O)[C@H]2CC[C@H](C(=O)Oc3ccc(C)cc3)CC2)cc1. The number of benzene rings is 2. The molecule has 2 aromatic carbocycles. The molecule has 1 saturated carbocycles. The van der Waals surface area contributed by atoms with E-state index in [0.717, 1.165) is 12.0 Å². The zero-order valence-corrected chi connectivity index (χ0v) is 19.5. The van der Waals surface area contributed by atoms with E-state index in [1.54, 1.807) is 0 Å². The molecular formula is C28H36O4. The molecule has 0 saturated heterocycles. The lowest BCUT2D eigenvalue weighted by molar-refractivity contribution is -0.145. The average Bonchev–Trinajstić information content (AvgIpc) is 2.81. The summed E-state index contributed by atoms with van der Waals surface area (Å²) in [6.07, 6.45) is 10.0. The fourth-order valence-electron chi connectivity index (χ4n) is 4.23. The molecule has 2 aromatic rings. The lowest BCUT2D eigenvalue weighted by Crippen LogP contribution is -2.30. The zero-order chi connectivity index (χ0) is 22.8. The molecule has 4 heteroatoms. The molecule has 0 N–H and O–H groups in total. The molecule has 0 radical (unpaired) electrons. The Morgan fingerprint density at radius 1 is 0.719 bits per heavy atom. The van der Waals surface area contributed by atoms with Crippen molar-refractivity contribution in [1.29, 1.82) is 0 Å². The number of carbonyl (C=O) groups excluding carboxylic acids is 2. The lowest BCUT2D eigenvalue weighted by Gasteiger charge is -2.25. The predicted molar refractivity (Wildman–Crippen MR) is 127 cm³/mol. The van der Waals surface area contributed by atoms with E-state index in [-0.39, 0.29) is 23.8 Å². The van der Waals surface area contributed by atoms with E-state index < -0.39 is 0 Å². The summed E-state index contributed by atoms with van der Waals surface area (Å²) < 4.78 is 11.1. The van der Waals surface area contributed by atoms with Gasteiger partial charge in [-0.3, -0.25) is 9.59 Å². The van der Waals surface area contributed by atoms with Gasteiger partial charge in [-0.15, -0.1) is 0 Å². The molecule has 1 aliphatic rings. The van der Waals surface area contributed by atoms with Crippen LogP contribution in [0.15, 0.2) is 48.5 Å². The number of hydrogen-bond donors (Lipinski definition) is 0. The van der Waals surface area contributed by atoms with Crippen LogP contribution in [0.5, 0.6) is 11.5 Å². The standard InChI is InChI=1S/C28H36O4/c1-3-4-5-6-7-8-22-11-19-26(20-12-22)32-28(30)24-15-13-23(14-16-24)27(29)31-25-17-9-21(2)10-18-25/h9-12,17-20,23-24H,3-8,13-16H2,1-2H3/t23-,24-. The molecule has 0 heterocycles. The first kappa shape index (κ1) is 24.0. The summed E-state index contributed by atoms with van der Waals surface area (Å²) in [6.45, 7) is 4.22. The minimum absolute atomic E-state index is 0.156. The third-order valence-corrected chi connectivity index (χ3v) is 6.34. The summed E-state index contributed by atoms with van der Waals surface area (Å²) in [6, 6.07) is 15.4. The first-order valence-electron chi connectivity index (χ1n) is 12.1. The van der Waals surface area contributed by atoms with E-state index in [4.69, 9.17) is 9.47 Å². The van der Waals surface area contributed by atoms with Crippen molar-refractivity contribution in [2.45, 2.75) is 78.1 Å². The summed E-state index contributed by atoms with van der Waals surface area (Å²) >= 11 is 0. The number of ether oxygens (including phenoxy) is 2. The van der Waals surface area contributed by atoms with Gasteiger partial charge in [0.05, 0.1) is 11.8 Å². The minimum Gasteiger partial charge on any atom is -0.426 e. The van der Waals surface area contributed by atoms with Gasteiger partial charge in [-0.05, 0) is 75.3 Å². The molecule has 0 aromatic heterocycles. The van der Waals surface area contributed by atoms with Gasteiger partial charge in [0.25, 0.3) is 0 Å². The van der Waals surface area contributed by atoms with E-state index in [9.17, 15) is 9.59 Å². The lowest BCUT2D eigenvalue weighted by atomic mass is 9.82. The smallest absolute Gasteiger partial charge is 0.314 e. The van der Waals surface area contributed by atoms with Gasteiger partial charge in [0, 0.05) is 0 Å². The van der Waals surface area contributed by atoms with Crippen molar-refractivity contribution in [2.24, 2.45) is 11.8 Å². The molecular weight excluding hydrogens is 400 g/mol. The fraction of sp³-hybridized carbons (Fsp3) is 0.500. The topological polar surface area (TPSA) is 52.6 Å². The number of unbranched alkanes of at least 4 members (excludes halogenated alkanes) is 4. The molecule has 0 aliphatic heterocycles. The second kappa shape index (κ2) is 12.4. The molecule has 0 bridgehead atoms. The Hall–Kier alpha value is -2.62. The van der Waals surface area contributed by atoms with E-state index in [2.05, 4.69) is 19.1 Å². The Kier molecular flexibility index (Phi) is 9.33. The maximum absolute atomic E-state index is 12.6. The molecule has 0 unspecified atom stereocenters. The molecule has 3 rings (SSSR count). The molecule has 1 aliphatic carbocycles. The van der Waals surface area contributed by atoms with Crippen LogP contribution in [0.2, 0.25) is 0 Å². The molecule has 1 fully saturated rings. The highest BCUT2D eigenvalue weighted by atomic mass is 16.5. The fourth-order valence-corrected chi connectivity index (χ4v) is 4.23. The van der Waals surface area contributed by atoms with Crippen LogP contribution < -0.4 is 9.47 Å². The molecule has 0 spiro atoms. The number of aryl methyl sites for hydroxylation is 2. The highest BCUT2D eigenvalue weighted by Gasteiger charge is 2.32. The summed E-state index contributed by atoms with van der Waals surface area (Å²) in [5.41, 5.74) is 2.41. The third kappa shape index (κ3) is 7.51. The number of carbonyl (C=O) groups is 2. The maximum Gasteiger partial charge on any atom is 0.314 e. The van der Waals surface area contributed by atoms with Crippen LogP contribution >= 0.6 is 0 Å². The van der Waals surface area contributed by atoms with Gasteiger partial charge in [-0.1, -0.05) is 62.4 Å². The number of hydrogen-bond acceptors (Lipinski definition) is 4. The first-order valence-corrected chi connectivity index (χ1v) is 12.1. The highest BCUT2D eigenvalue weighted by molar-refractivity contribution is 5.77. The van der Waals surface area contributed by atoms with Gasteiger partial charge in [0.1, 0.15) is 11.5 Å². The largest absolute Gasteiger partial charge is 0.426 e. The van der Waals surface area contributed by atoms with Crippen LogP contribution in [0.4, 0.5) is 0 Å². The van der Waals surface area contributed by atoms with Crippen LogP contribution in [0.1, 0.15) is 75.8 Å². The highest BCUT2D eigenvalue weighted by Crippen LogP contribution is 2.31. The Balaban J connectivity index is 1.39. The quantitative estimate of drug-likeness (QED) is 0.233. The molecule has 0 amide bonds. The van der Waals surface area contributed by atoms with Crippen LogP contribution in [0, 0.1) is 18.8 Å². The van der Waals surface area contributed by atoms with E-state index in [0.29, 0.717) is 37.2 Å². The number of esters is 2. The van der Waals surface area contributed by atoms with Gasteiger partial charge in [-0.25, -0.2) is 0 Å². The van der Waals surface area contributed by atoms with Gasteiger partial charge < -0.3 is 9.47 Å². The first-order chi connectivity index (χ1) is 15.5. The van der Waals surface area contributed by atoms with Crippen molar-refractivity contribution in [2.75, 3.05) is 0 Å². The molecule has 4 nitrogen and oxygen atoms in total. The van der Waals surface area contributed by atoms with Crippen LogP contribution in [0.3, 0.4) is 0 Å². The van der Waals surface area contributed by atoms with Crippen molar-refractivity contribution in [3.8, 4) is 11.5 Å². The Morgan fingerprint density at radius 3 is 1.69 bits per heavy atom. The Bertz CT molecular complexity index is 846. The van der Waals surface area contributed by atoms with Crippen molar-refractivity contribution in [3.05, 3.63) is 59.7 Å². The molecule has 172 valence electrons. The van der Waals surface area contributed by atoms with E-state index >= 15 is 0 Å². The van der Waals surface area contributed by atoms with Crippen molar-refractivity contribution in [1.82, 2.24) is 0 Å². The van der Waals surface area contributed by atoms with Crippen molar-refractivity contribution < 1.29 is 19.1 Å². The summed E-state index contributed by atoms with van der Waals surface area (Å²) in [7, 11) is 0. The van der Waals surface area contributed by atoms with E-state index in [1.807, 2.05) is 43.3 Å². The second-order valence-electron chi connectivity index (χ2n) is 9.01. The monoisotopic (exact) mass is 436 g/mol. The zero-order valence-electron chi connectivity index (χ0n) is 19.5. The Labute approximate surface area is 192 Å². The van der Waals surface area contributed by atoms with E-state index in [1.165, 1.54) is 37.7 Å². The maximum atomic E-state index is 12.6. The number of rotatable bonds is 10. The predicted octanol–water partition coefficient (Wildman–Crippen LogP) is 6.83. The van der Waals surface area contributed by atoms with Crippen molar-refractivity contribution in [3.63, 3.8) is 0 Å². The van der Waals surface area contributed by atoms with Crippen molar-refractivity contribution >= 4 is 11.9 Å². The van der Waals surface area contributed by atoms with Gasteiger partial charge in [-0.2, -0.15) is 0 Å². The van der Waals surface area contributed by atoms with Gasteiger partial charge >= 0.3 is 11.9 Å². The second-order valence-corrected chi connectivity index (χ2v) is 9.01. The van der Waals surface area contributed by atoms with Gasteiger partial charge in [0.2, 0.25) is 0 Å². The summed E-state index contributed by atoms with van der Waals surface area (Å²) in [4.78, 5) is 25.0. The summed E-state index contributed by atoms with van der Waals surface area (Å²) in [5.74, 6) is 0.472. The normalized spacial score (nSPS) is 18.2. The third-order valence-electron chi connectivity index (χ3n) is 6.34. The van der Waals surface area contributed by atoms with Crippen LogP contribution in [-0.4, -0.2) is 11.9 Å². The molecule has 32 heavy (non-hydrogen) atoms. The van der Waals surface area contributed by atoms with Crippen LogP contribution in [-0.2, 0) is 16.0 Å².